The van der Waals surface area contributed by atoms with Gasteiger partial charge in [-0.3, -0.25) is 14.5 Å². The molecule has 30 heavy (non-hydrogen) atoms. The topological polar surface area (TPSA) is 96.4 Å². The number of halogens is 1. The molecule has 0 unspecified atom stereocenters. The summed E-state index contributed by atoms with van der Waals surface area (Å²) in [5.41, 5.74) is 5.61. The smallest absolute Gasteiger partial charge is 0.238 e. The van der Waals surface area contributed by atoms with Crippen LogP contribution in [0, 0.1) is 16.7 Å². The number of rotatable bonds is 1. The molecular formula is C23H14ClN3O3. The van der Waals surface area contributed by atoms with Crippen LogP contribution in [0.15, 0.2) is 71.3 Å². The van der Waals surface area contributed by atoms with E-state index in [1.54, 1.807) is 36.4 Å². The van der Waals surface area contributed by atoms with Gasteiger partial charge < -0.3 is 10.5 Å². The molecule has 146 valence electrons. The molecule has 6 rings (SSSR count). The quantitative estimate of drug-likeness (QED) is 0.765. The molecule has 0 fully saturated rings. The lowest BCUT2D eigenvalue weighted by Crippen LogP contribution is -2.52. The fourth-order valence-corrected chi connectivity index (χ4v) is 5.88. The van der Waals surface area contributed by atoms with E-state index in [2.05, 4.69) is 6.07 Å². The van der Waals surface area contributed by atoms with E-state index in [4.69, 9.17) is 22.1 Å². The van der Waals surface area contributed by atoms with Gasteiger partial charge in [0.25, 0.3) is 0 Å². The predicted octanol–water partition coefficient (Wildman–Crippen LogP) is 3.54. The number of carbonyl (C=O) groups is 2. The minimum atomic E-state index is -1.63. The number of hydrogen-bond acceptors (Lipinski definition) is 6. The number of nitrogens with two attached hydrogens (primary N) is 1. The van der Waals surface area contributed by atoms with Crippen LogP contribution in [0.2, 0.25) is 5.02 Å². The van der Waals surface area contributed by atoms with Gasteiger partial charge in [-0.15, -0.1) is 0 Å². The molecule has 7 heteroatoms. The number of nitrogens with zero attached hydrogens (tertiary/aromatic N) is 2. The Balaban J connectivity index is 1.81. The van der Waals surface area contributed by atoms with Crippen molar-refractivity contribution in [2.75, 3.05) is 4.90 Å². The van der Waals surface area contributed by atoms with E-state index in [-0.39, 0.29) is 29.4 Å². The summed E-state index contributed by atoms with van der Waals surface area (Å²) in [7, 11) is 0. The number of para-hydroxylation sites is 1. The molecule has 0 spiro atoms. The molecule has 2 aliphatic heterocycles. The van der Waals surface area contributed by atoms with Crippen molar-refractivity contribution in [2.24, 2.45) is 11.1 Å². The van der Waals surface area contributed by atoms with Gasteiger partial charge in [0, 0.05) is 28.8 Å². The number of nitriles is 1. The standard InChI is InChI=1S/C23H14ClN3O3/c24-15-7-3-4-8-16(15)27-17-9-10-18(28)19(17)22-14(11-25)21(26)30-23(22,27)13-6-2-1-5-12(13)20(22)29/h1-8H,9-10,26H2/t22-,23-/m0/s1. The van der Waals surface area contributed by atoms with Gasteiger partial charge in [0.2, 0.25) is 11.6 Å². The lowest BCUT2D eigenvalue weighted by Gasteiger charge is -2.42. The van der Waals surface area contributed by atoms with Crippen LogP contribution >= 0.6 is 11.6 Å². The Kier molecular flexibility index (Phi) is 3.07. The Morgan fingerprint density at radius 3 is 2.60 bits per heavy atom. The first-order valence-corrected chi connectivity index (χ1v) is 9.93. The molecule has 6 nitrogen and oxygen atoms in total. The zero-order valence-electron chi connectivity index (χ0n) is 15.6. The van der Waals surface area contributed by atoms with Gasteiger partial charge >= 0.3 is 0 Å². The second-order valence-electron chi connectivity index (χ2n) is 7.75. The molecule has 2 aliphatic carbocycles. The van der Waals surface area contributed by atoms with Gasteiger partial charge in [0.1, 0.15) is 11.6 Å². The molecular weight excluding hydrogens is 402 g/mol. The summed E-state index contributed by atoms with van der Waals surface area (Å²) in [5.74, 6) is -0.646. The van der Waals surface area contributed by atoms with E-state index < -0.39 is 11.1 Å². The van der Waals surface area contributed by atoms with Gasteiger partial charge in [-0.25, -0.2) is 0 Å². The second-order valence-corrected chi connectivity index (χ2v) is 8.16. The molecule has 0 radical (unpaired) electrons. The number of allylic oxidation sites excluding steroid dienone is 1. The Hall–Kier alpha value is -3.56. The molecule has 0 bridgehead atoms. The van der Waals surface area contributed by atoms with Crippen LogP contribution in [0.3, 0.4) is 0 Å². The van der Waals surface area contributed by atoms with E-state index in [1.807, 2.05) is 17.0 Å². The Morgan fingerprint density at radius 1 is 1.10 bits per heavy atom. The maximum Gasteiger partial charge on any atom is 0.238 e. The first kappa shape index (κ1) is 17.3. The summed E-state index contributed by atoms with van der Waals surface area (Å²) in [5, 5.41) is 10.5. The van der Waals surface area contributed by atoms with Crippen molar-refractivity contribution in [3.8, 4) is 6.07 Å². The molecule has 0 aromatic heterocycles. The summed E-state index contributed by atoms with van der Waals surface area (Å²) in [6.45, 7) is 0. The minimum absolute atomic E-state index is 0.0130. The van der Waals surface area contributed by atoms with E-state index in [1.165, 1.54) is 0 Å². The van der Waals surface area contributed by atoms with Crippen LogP contribution < -0.4 is 10.6 Å². The highest BCUT2D eigenvalue weighted by Crippen LogP contribution is 2.72. The van der Waals surface area contributed by atoms with Crippen LogP contribution in [-0.2, 0) is 15.3 Å². The molecule has 2 heterocycles. The lowest BCUT2D eigenvalue weighted by atomic mass is 9.68. The number of ether oxygens (including phenoxy) is 1. The lowest BCUT2D eigenvalue weighted by molar-refractivity contribution is -0.116. The fourth-order valence-electron chi connectivity index (χ4n) is 5.65. The predicted molar refractivity (Wildman–Crippen MR) is 108 cm³/mol. The number of fused-ring (bicyclic) bond motifs is 1. The number of Topliss-reactive ketones (excluding diaryl/α,β-unsaturated/α-hetero) is 2. The molecule has 4 aliphatic rings. The average Bonchev–Trinajstić information content (AvgIpc) is 3.37. The number of hydrogen-bond donors (Lipinski definition) is 1. The molecule has 2 atom stereocenters. The van der Waals surface area contributed by atoms with Gasteiger partial charge in [-0.05, 0) is 18.6 Å². The normalized spacial score (nSPS) is 28.3. The highest BCUT2D eigenvalue weighted by Gasteiger charge is 2.81. The molecule has 2 N–H and O–H groups in total. The van der Waals surface area contributed by atoms with Gasteiger partial charge in [-0.2, -0.15) is 5.26 Å². The van der Waals surface area contributed by atoms with Crippen LogP contribution in [-0.4, -0.2) is 11.6 Å². The van der Waals surface area contributed by atoms with Crippen LogP contribution in [0.25, 0.3) is 0 Å². The molecule has 0 saturated heterocycles. The Morgan fingerprint density at radius 2 is 1.83 bits per heavy atom. The van der Waals surface area contributed by atoms with Crippen molar-refractivity contribution >= 4 is 28.9 Å². The highest BCUT2D eigenvalue weighted by molar-refractivity contribution is 6.33. The third-order valence-corrected chi connectivity index (χ3v) is 6.91. The first-order chi connectivity index (χ1) is 14.5. The number of benzene rings is 2. The zero-order chi connectivity index (χ0) is 20.8. The first-order valence-electron chi connectivity index (χ1n) is 9.55. The summed E-state index contributed by atoms with van der Waals surface area (Å²) >= 11 is 6.58. The van der Waals surface area contributed by atoms with Crippen molar-refractivity contribution in [3.63, 3.8) is 0 Å². The maximum absolute atomic E-state index is 14.0. The maximum atomic E-state index is 14.0. The number of carbonyl (C=O) groups excluding carboxylic acids is 2. The average molecular weight is 416 g/mol. The molecule has 0 amide bonds. The summed E-state index contributed by atoms with van der Waals surface area (Å²) in [6.07, 6.45) is 0.687. The fraction of sp³-hybridized carbons (Fsp3) is 0.174. The zero-order valence-corrected chi connectivity index (χ0v) is 16.4. The van der Waals surface area contributed by atoms with Crippen molar-refractivity contribution in [1.29, 1.82) is 5.26 Å². The number of anilines is 1. The third-order valence-electron chi connectivity index (χ3n) is 6.59. The van der Waals surface area contributed by atoms with Crippen molar-refractivity contribution in [3.05, 3.63) is 87.4 Å². The van der Waals surface area contributed by atoms with Gasteiger partial charge in [-0.1, -0.05) is 48.0 Å². The SMILES string of the molecule is N#CC1=C(N)O[C@@]23c4ccccc4C(=O)[C@@]12C1=C(CCC1=O)N3c1ccccc1Cl. The van der Waals surface area contributed by atoms with Crippen LogP contribution in [0.4, 0.5) is 5.69 Å². The largest absolute Gasteiger partial charge is 0.446 e. The third kappa shape index (κ3) is 1.54. The molecule has 2 aromatic rings. The van der Waals surface area contributed by atoms with Gasteiger partial charge in [0.15, 0.2) is 17.0 Å². The van der Waals surface area contributed by atoms with Crippen molar-refractivity contribution in [2.45, 2.75) is 18.6 Å². The second kappa shape index (κ2) is 5.32. The summed E-state index contributed by atoms with van der Waals surface area (Å²) < 4.78 is 6.28. The van der Waals surface area contributed by atoms with Crippen LogP contribution in [0.1, 0.15) is 28.8 Å². The van der Waals surface area contributed by atoms with Crippen molar-refractivity contribution < 1.29 is 14.3 Å². The summed E-state index contributed by atoms with van der Waals surface area (Å²) in [6, 6.07) is 16.3. The Labute approximate surface area is 176 Å². The van der Waals surface area contributed by atoms with E-state index >= 15 is 0 Å². The number of ketones is 2. The molecule has 2 aromatic carbocycles. The van der Waals surface area contributed by atoms with E-state index in [9.17, 15) is 14.9 Å². The van der Waals surface area contributed by atoms with E-state index in [0.29, 0.717) is 39.5 Å². The van der Waals surface area contributed by atoms with Crippen molar-refractivity contribution in [1.82, 2.24) is 0 Å². The monoisotopic (exact) mass is 415 g/mol. The van der Waals surface area contributed by atoms with Gasteiger partial charge in [0.05, 0.1) is 10.7 Å². The van der Waals surface area contributed by atoms with Crippen LogP contribution in [0.5, 0.6) is 0 Å². The Bertz CT molecular complexity index is 1320. The summed E-state index contributed by atoms with van der Waals surface area (Å²) in [4.78, 5) is 29.0. The highest BCUT2D eigenvalue weighted by atomic mass is 35.5. The molecule has 0 saturated carbocycles. The minimum Gasteiger partial charge on any atom is -0.446 e. The van der Waals surface area contributed by atoms with E-state index in [0.717, 1.165) is 0 Å².